The number of unbranched alkanes of at least 4 members (excludes halogenated alkanes) is 1. The number of hydrogen-bond donors (Lipinski definition) is 5. The highest BCUT2D eigenvalue weighted by atomic mass is 19.4. The van der Waals surface area contributed by atoms with Gasteiger partial charge in [0.25, 0.3) is 0 Å². The number of nitrogens with one attached hydrogen (secondary N) is 1. The van der Waals surface area contributed by atoms with Crippen molar-refractivity contribution in [2.75, 3.05) is 13.2 Å². The van der Waals surface area contributed by atoms with Crippen LogP contribution in [0.15, 0.2) is 0 Å². The van der Waals surface area contributed by atoms with E-state index in [0.717, 1.165) is 6.92 Å². The summed E-state index contributed by atoms with van der Waals surface area (Å²) >= 11 is 0. The molecule has 1 aliphatic rings. The van der Waals surface area contributed by atoms with Gasteiger partial charge in [-0.3, -0.25) is 4.79 Å². The molecular formula is C16H25F5N2O7. The molecule has 1 rings (SSSR count). The van der Waals surface area contributed by atoms with Crippen molar-refractivity contribution in [3.63, 3.8) is 0 Å². The maximum Gasteiger partial charge on any atom is 0.389 e. The molecule has 7 atom stereocenters. The largest absolute Gasteiger partial charge is 0.461 e. The van der Waals surface area contributed by atoms with Crippen LogP contribution in [0.4, 0.5) is 22.0 Å². The van der Waals surface area contributed by atoms with Crippen LogP contribution in [-0.4, -0.2) is 89.0 Å². The average molecular weight is 452 g/mol. The smallest absolute Gasteiger partial charge is 0.389 e. The molecule has 0 saturated carbocycles. The Kier molecular flexibility index (Phi) is 9.35. The third-order valence-corrected chi connectivity index (χ3v) is 4.42. The molecule has 0 unspecified atom stereocenters. The molecule has 1 saturated heterocycles. The van der Waals surface area contributed by atoms with E-state index in [4.69, 9.17) is 15.6 Å². The summed E-state index contributed by atoms with van der Waals surface area (Å²) in [5.74, 6) is -6.59. The molecule has 0 aromatic rings. The number of ether oxygens (including phenoxy) is 2. The Morgan fingerprint density at radius 3 is 2.40 bits per heavy atom. The van der Waals surface area contributed by atoms with Crippen LogP contribution in [0.5, 0.6) is 0 Å². The Morgan fingerprint density at radius 2 is 1.90 bits per heavy atom. The lowest BCUT2D eigenvalue weighted by atomic mass is 9.86. The van der Waals surface area contributed by atoms with E-state index in [-0.39, 0.29) is 6.42 Å². The van der Waals surface area contributed by atoms with Crippen LogP contribution in [0, 0.1) is 0 Å². The summed E-state index contributed by atoms with van der Waals surface area (Å²) in [5.41, 5.74) is 5.58. The molecular weight excluding hydrogens is 427 g/mol. The van der Waals surface area contributed by atoms with E-state index in [1.807, 2.05) is 0 Å². The normalized spacial score (nSPS) is 31.7. The van der Waals surface area contributed by atoms with Gasteiger partial charge in [-0.2, -0.15) is 17.6 Å². The van der Waals surface area contributed by atoms with E-state index in [0.29, 0.717) is 0 Å². The molecule has 9 nitrogen and oxygen atoms in total. The monoisotopic (exact) mass is 452 g/mol. The second kappa shape index (κ2) is 10.6. The SMILES string of the molecule is CC(=O)N[C@@H]1[C@@H](N)[C@@H](F)[C@](F)(C(=O)OCCCCC(F)(F)F)O[C@H]1[C@H](O)[C@H](O)CO. The number of carbonyl (C=O) groups is 2. The van der Waals surface area contributed by atoms with Gasteiger partial charge < -0.3 is 35.8 Å². The summed E-state index contributed by atoms with van der Waals surface area (Å²) in [6.45, 7) is -0.697. The summed E-state index contributed by atoms with van der Waals surface area (Å²) in [4.78, 5) is 23.4. The average Bonchev–Trinajstić information content (AvgIpc) is 2.65. The van der Waals surface area contributed by atoms with E-state index in [1.54, 1.807) is 0 Å². The molecule has 1 fully saturated rings. The summed E-state index contributed by atoms with van der Waals surface area (Å²) in [6.07, 6.45) is -15.2. The fourth-order valence-corrected chi connectivity index (χ4v) is 2.86. The van der Waals surface area contributed by atoms with Gasteiger partial charge in [-0.25, -0.2) is 9.18 Å². The van der Waals surface area contributed by atoms with Gasteiger partial charge in [0.1, 0.15) is 18.3 Å². The topological polar surface area (TPSA) is 151 Å². The first-order chi connectivity index (χ1) is 13.7. The molecule has 6 N–H and O–H groups in total. The number of carbonyl (C=O) groups excluding carboxylic acids is 2. The fraction of sp³-hybridized carbons (Fsp3) is 0.875. The lowest BCUT2D eigenvalue weighted by molar-refractivity contribution is -0.278. The van der Waals surface area contributed by atoms with Gasteiger partial charge in [-0.15, -0.1) is 0 Å². The molecule has 30 heavy (non-hydrogen) atoms. The molecule has 0 radical (unpaired) electrons. The van der Waals surface area contributed by atoms with E-state index < -0.39 is 86.5 Å². The number of amides is 1. The number of nitrogens with two attached hydrogens (primary N) is 1. The van der Waals surface area contributed by atoms with Crippen molar-refractivity contribution in [1.82, 2.24) is 5.32 Å². The molecule has 1 amide bonds. The number of hydrogen-bond acceptors (Lipinski definition) is 8. The van der Waals surface area contributed by atoms with Gasteiger partial charge in [-0.1, -0.05) is 0 Å². The number of rotatable bonds is 9. The van der Waals surface area contributed by atoms with Crippen LogP contribution in [-0.2, 0) is 19.1 Å². The highest BCUT2D eigenvalue weighted by Gasteiger charge is 2.62. The number of halogens is 5. The van der Waals surface area contributed by atoms with E-state index in [1.165, 1.54) is 0 Å². The minimum Gasteiger partial charge on any atom is -0.461 e. The molecule has 0 aromatic carbocycles. The third kappa shape index (κ3) is 6.70. The zero-order valence-electron chi connectivity index (χ0n) is 15.9. The predicted octanol–water partition coefficient (Wildman–Crippen LogP) is -0.789. The number of aliphatic hydroxyl groups is 3. The van der Waals surface area contributed by atoms with Crippen LogP contribution < -0.4 is 11.1 Å². The van der Waals surface area contributed by atoms with Crippen molar-refractivity contribution >= 4 is 11.9 Å². The summed E-state index contributed by atoms with van der Waals surface area (Å²) < 4.78 is 75.1. The molecule has 1 aliphatic heterocycles. The van der Waals surface area contributed by atoms with Crippen molar-refractivity contribution in [2.24, 2.45) is 5.73 Å². The molecule has 14 heteroatoms. The zero-order chi connectivity index (χ0) is 23.3. The lowest BCUT2D eigenvalue weighted by Gasteiger charge is -2.46. The van der Waals surface area contributed by atoms with Crippen LogP contribution in [0.25, 0.3) is 0 Å². The van der Waals surface area contributed by atoms with Gasteiger partial charge in [-0.05, 0) is 12.8 Å². The van der Waals surface area contributed by atoms with Crippen LogP contribution in [0.3, 0.4) is 0 Å². The fourth-order valence-electron chi connectivity index (χ4n) is 2.86. The highest BCUT2D eigenvalue weighted by Crippen LogP contribution is 2.36. The van der Waals surface area contributed by atoms with Crippen LogP contribution in [0.2, 0.25) is 0 Å². The molecule has 0 spiro atoms. The highest BCUT2D eigenvalue weighted by molar-refractivity contribution is 5.79. The quantitative estimate of drug-likeness (QED) is 0.174. The van der Waals surface area contributed by atoms with Crippen molar-refractivity contribution in [3.8, 4) is 0 Å². The molecule has 176 valence electrons. The minimum atomic E-state index is -4.43. The Balaban J connectivity index is 2.93. The van der Waals surface area contributed by atoms with Crippen molar-refractivity contribution in [2.45, 2.75) is 74.8 Å². The number of alkyl halides is 5. The number of esters is 1. The standard InChI is InChI=1S/C16H25F5N2O7/c1-7(25)23-10-9(22)13(17)16(21,30-12(10)11(27)8(26)6-24)14(28)29-5-3-2-4-15(18,19)20/h8-13,24,26-27H,2-6,22H2,1H3,(H,23,25)/t8-,9-,10-,11-,12-,13-,16-/m1/s1. The van der Waals surface area contributed by atoms with Crippen molar-refractivity contribution < 1.29 is 56.3 Å². The number of aliphatic hydroxyl groups excluding tert-OH is 3. The predicted molar refractivity (Wildman–Crippen MR) is 89.2 cm³/mol. The van der Waals surface area contributed by atoms with Crippen LogP contribution >= 0.6 is 0 Å². The van der Waals surface area contributed by atoms with Gasteiger partial charge in [0, 0.05) is 13.3 Å². The third-order valence-electron chi connectivity index (χ3n) is 4.42. The summed E-state index contributed by atoms with van der Waals surface area (Å²) in [7, 11) is 0. The van der Waals surface area contributed by atoms with E-state index in [9.17, 15) is 37.4 Å². The maximum absolute atomic E-state index is 15.1. The first-order valence-electron chi connectivity index (χ1n) is 8.99. The van der Waals surface area contributed by atoms with Crippen molar-refractivity contribution in [1.29, 1.82) is 0 Å². The molecule has 1 heterocycles. The zero-order valence-corrected chi connectivity index (χ0v) is 15.9. The summed E-state index contributed by atoms with van der Waals surface area (Å²) in [5, 5.41) is 30.8. The second-order valence-corrected chi connectivity index (χ2v) is 6.88. The van der Waals surface area contributed by atoms with Gasteiger partial charge in [0.05, 0.1) is 25.3 Å². The van der Waals surface area contributed by atoms with Gasteiger partial charge in [0.2, 0.25) is 5.91 Å². The Bertz CT molecular complexity index is 597. The van der Waals surface area contributed by atoms with E-state index in [2.05, 4.69) is 10.1 Å². The Hall–Kier alpha value is -1.61. The lowest BCUT2D eigenvalue weighted by Crippen LogP contribution is -2.73. The van der Waals surface area contributed by atoms with Crippen LogP contribution in [0.1, 0.15) is 26.2 Å². The molecule has 0 aliphatic carbocycles. The van der Waals surface area contributed by atoms with Gasteiger partial charge in [0.15, 0.2) is 6.17 Å². The molecule has 0 bridgehead atoms. The minimum absolute atomic E-state index is 0.297. The first-order valence-corrected chi connectivity index (χ1v) is 8.99. The molecule has 0 aromatic heterocycles. The first kappa shape index (κ1) is 26.4. The summed E-state index contributed by atoms with van der Waals surface area (Å²) in [6, 6.07) is -3.55. The van der Waals surface area contributed by atoms with Crippen molar-refractivity contribution in [3.05, 3.63) is 0 Å². The Morgan fingerprint density at radius 1 is 1.30 bits per heavy atom. The Labute approximate surface area is 168 Å². The van der Waals surface area contributed by atoms with Gasteiger partial charge >= 0.3 is 18.0 Å². The van der Waals surface area contributed by atoms with E-state index >= 15 is 4.39 Å². The maximum atomic E-state index is 15.1. The second-order valence-electron chi connectivity index (χ2n) is 6.88.